The van der Waals surface area contributed by atoms with E-state index in [0.717, 1.165) is 30.0 Å². The van der Waals surface area contributed by atoms with Crippen LogP contribution in [-0.4, -0.2) is 52.7 Å². The van der Waals surface area contributed by atoms with E-state index in [1.54, 1.807) is 4.90 Å². The van der Waals surface area contributed by atoms with Gasteiger partial charge >= 0.3 is 6.18 Å². The van der Waals surface area contributed by atoms with E-state index in [9.17, 15) is 18.0 Å². The molecule has 1 amide bonds. The summed E-state index contributed by atoms with van der Waals surface area (Å²) >= 11 is 0. The van der Waals surface area contributed by atoms with Gasteiger partial charge in [0.05, 0.1) is 19.3 Å². The number of amides is 1. The number of carbonyl (C=O) groups excluding carboxylic acids is 1. The van der Waals surface area contributed by atoms with E-state index in [-0.39, 0.29) is 18.5 Å². The molecule has 2 saturated heterocycles. The fourth-order valence-corrected chi connectivity index (χ4v) is 2.98. The quantitative estimate of drug-likeness (QED) is 0.844. The summed E-state index contributed by atoms with van der Waals surface area (Å²) in [6.45, 7) is 1.33. The molecular weight excluding hydrogens is 315 g/mol. The van der Waals surface area contributed by atoms with E-state index < -0.39 is 18.2 Å². The van der Waals surface area contributed by atoms with Crippen LogP contribution in [0.3, 0.4) is 0 Å². The van der Waals surface area contributed by atoms with Gasteiger partial charge in [-0.25, -0.2) is 0 Å². The minimum absolute atomic E-state index is 0.184. The average Bonchev–Trinajstić information content (AvgIpc) is 3.18. The SMILES string of the molecule is O=C(Cn1ccc(C(F)(F)F)n1)N1CCCCC1C1OCCO1. The van der Waals surface area contributed by atoms with Gasteiger partial charge in [-0.3, -0.25) is 9.48 Å². The van der Waals surface area contributed by atoms with E-state index >= 15 is 0 Å². The molecule has 2 aliphatic rings. The Morgan fingerprint density at radius 2 is 2.04 bits per heavy atom. The van der Waals surface area contributed by atoms with Gasteiger partial charge in [0.1, 0.15) is 6.54 Å². The second-order valence-electron chi connectivity index (χ2n) is 5.66. The molecule has 9 heteroatoms. The summed E-state index contributed by atoms with van der Waals surface area (Å²) in [5.74, 6) is -0.273. The normalized spacial score (nSPS) is 23.4. The van der Waals surface area contributed by atoms with Crippen molar-refractivity contribution in [1.29, 1.82) is 0 Å². The van der Waals surface area contributed by atoms with E-state index in [0.29, 0.717) is 19.8 Å². The molecule has 1 aromatic rings. The highest BCUT2D eigenvalue weighted by Crippen LogP contribution is 2.28. The third kappa shape index (κ3) is 3.66. The lowest BCUT2D eigenvalue weighted by atomic mass is 10.0. The van der Waals surface area contributed by atoms with Gasteiger partial charge < -0.3 is 14.4 Å². The highest BCUT2D eigenvalue weighted by Gasteiger charge is 2.37. The lowest BCUT2D eigenvalue weighted by molar-refractivity contribution is -0.151. The van der Waals surface area contributed by atoms with Crippen LogP contribution in [0.2, 0.25) is 0 Å². The number of ether oxygens (including phenoxy) is 2. The fourth-order valence-electron chi connectivity index (χ4n) is 2.98. The van der Waals surface area contributed by atoms with E-state index in [4.69, 9.17) is 9.47 Å². The van der Waals surface area contributed by atoms with Gasteiger partial charge in [-0.05, 0) is 25.3 Å². The van der Waals surface area contributed by atoms with Crippen LogP contribution in [0.1, 0.15) is 25.0 Å². The Balaban J connectivity index is 1.67. The average molecular weight is 333 g/mol. The number of likely N-dealkylation sites (tertiary alicyclic amines) is 1. The van der Waals surface area contributed by atoms with Crippen molar-refractivity contribution < 1.29 is 27.4 Å². The zero-order valence-electron chi connectivity index (χ0n) is 12.5. The Labute approximate surface area is 131 Å². The third-order valence-corrected chi connectivity index (χ3v) is 4.06. The summed E-state index contributed by atoms with van der Waals surface area (Å²) in [6.07, 6.45) is -1.18. The zero-order chi connectivity index (χ0) is 16.4. The summed E-state index contributed by atoms with van der Waals surface area (Å²) in [7, 11) is 0. The van der Waals surface area contributed by atoms with Gasteiger partial charge in [0.2, 0.25) is 5.91 Å². The molecule has 6 nitrogen and oxygen atoms in total. The van der Waals surface area contributed by atoms with Crippen molar-refractivity contribution in [2.45, 2.75) is 44.3 Å². The van der Waals surface area contributed by atoms with Crippen molar-refractivity contribution in [1.82, 2.24) is 14.7 Å². The molecule has 0 aliphatic carbocycles. The molecule has 3 heterocycles. The molecule has 0 saturated carbocycles. The lowest BCUT2D eigenvalue weighted by Crippen LogP contribution is -2.51. The topological polar surface area (TPSA) is 56.6 Å². The molecule has 1 aromatic heterocycles. The van der Waals surface area contributed by atoms with Crippen molar-refractivity contribution in [3.8, 4) is 0 Å². The predicted octanol–water partition coefficient (Wildman–Crippen LogP) is 1.66. The number of halogens is 3. The highest BCUT2D eigenvalue weighted by atomic mass is 19.4. The first-order valence-corrected chi connectivity index (χ1v) is 7.58. The Bertz CT molecular complexity index is 555. The molecule has 1 atom stereocenters. The number of aromatic nitrogens is 2. The summed E-state index contributed by atoms with van der Waals surface area (Å²) in [6, 6.07) is 0.681. The molecule has 2 aliphatic heterocycles. The van der Waals surface area contributed by atoms with Crippen LogP contribution >= 0.6 is 0 Å². The molecule has 0 radical (unpaired) electrons. The lowest BCUT2D eigenvalue weighted by Gasteiger charge is -2.38. The highest BCUT2D eigenvalue weighted by molar-refractivity contribution is 5.76. The van der Waals surface area contributed by atoms with Gasteiger partial charge in [-0.1, -0.05) is 0 Å². The Morgan fingerprint density at radius 3 is 2.70 bits per heavy atom. The fraction of sp³-hybridized carbons (Fsp3) is 0.714. The first-order chi connectivity index (χ1) is 10.9. The number of hydrogen-bond acceptors (Lipinski definition) is 4. The molecule has 0 aromatic carbocycles. The van der Waals surface area contributed by atoms with Crippen LogP contribution in [0.5, 0.6) is 0 Å². The van der Waals surface area contributed by atoms with E-state index in [1.807, 2.05) is 0 Å². The maximum atomic E-state index is 12.6. The molecular formula is C14H18F3N3O3. The number of hydrogen-bond donors (Lipinski definition) is 0. The molecule has 23 heavy (non-hydrogen) atoms. The zero-order valence-corrected chi connectivity index (χ0v) is 12.5. The standard InChI is InChI=1S/C14H18F3N3O3/c15-14(16,17)11-4-6-19(18-11)9-12(21)20-5-2-1-3-10(20)13-22-7-8-23-13/h4,6,10,13H,1-3,5,7-9H2. The molecule has 3 rings (SSSR count). The predicted molar refractivity (Wildman–Crippen MR) is 72.3 cm³/mol. The Kier molecular flexibility index (Phi) is 4.58. The van der Waals surface area contributed by atoms with Gasteiger partial charge in [0, 0.05) is 12.7 Å². The number of piperidine rings is 1. The summed E-state index contributed by atoms with van der Waals surface area (Å²) in [4.78, 5) is 14.1. The maximum Gasteiger partial charge on any atom is 0.435 e. The second-order valence-corrected chi connectivity index (χ2v) is 5.66. The van der Waals surface area contributed by atoms with Gasteiger partial charge in [0.15, 0.2) is 12.0 Å². The Morgan fingerprint density at radius 1 is 1.30 bits per heavy atom. The van der Waals surface area contributed by atoms with Crippen LogP contribution in [0, 0.1) is 0 Å². The summed E-state index contributed by atoms with van der Waals surface area (Å²) in [5, 5.41) is 3.42. The molecule has 2 fully saturated rings. The number of carbonyl (C=O) groups is 1. The number of alkyl halides is 3. The maximum absolute atomic E-state index is 12.6. The van der Waals surface area contributed by atoms with E-state index in [1.165, 1.54) is 6.20 Å². The molecule has 0 bridgehead atoms. The van der Waals surface area contributed by atoms with E-state index in [2.05, 4.69) is 5.10 Å². The van der Waals surface area contributed by atoms with Crippen molar-refractivity contribution in [3.05, 3.63) is 18.0 Å². The largest absolute Gasteiger partial charge is 0.435 e. The Hall–Kier alpha value is -1.61. The summed E-state index contributed by atoms with van der Waals surface area (Å²) in [5.41, 5.74) is -0.997. The van der Waals surface area contributed by atoms with Crippen LogP contribution in [0.4, 0.5) is 13.2 Å². The first kappa shape index (κ1) is 16.3. The molecule has 128 valence electrons. The smallest absolute Gasteiger partial charge is 0.348 e. The molecule has 0 N–H and O–H groups in total. The van der Waals surface area contributed by atoms with Gasteiger partial charge in [-0.15, -0.1) is 0 Å². The molecule has 0 spiro atoms. The van der Waals surface area contributed by atoms with Gasteiger partial charge in [0.25, 0.3) is 0 Å². The van der Waals surface area contributed by atoms with Crippen LogP contribution in [0.25, 0.3) is 0 Å². The second kappa shape index (κ2) is 6.48. The first-order valence-electron chi connectivity index (χ1n) is 7.58. The summed E-state index contributed by atoms with van der Waals surface area (Å²) < 4.78 is 49.7. The van der Waals surface area contributed by atoms with Crippen molar-refractivity contribution in [2.24, 2.45) is 0 Å². The number of rotatable bonds is 3. The van der Waals surface area contributed by atoms with Crippen molar-refractivity contribution in [3.63, 3.8) is 0 Å². The van der Waals surface area contributed by atoms with Crippen LogP contribution < -0.4 is 0 Å². The van der Waals surface area contributed by atoms with Gasteiger partial charge in [-0.2, -0.15) is 18.3 Å². The minimum Gasteiger partial charge on any atom is -0.348 e. The number of nitrogens with zero attached hydrogens (tertiary/aromatic N) is 3. The third-order valence-electron chi connectivity index (χ3n) is 4.06. The molecule has 1 unspecified atom stereocenters. The van der Waals surface area contributed by atoms with Crippen molar-refractivity contribution >= 4 is 5.91 Å². The van der Waals surface area contributed by atoms with Crippen LogP contribution in [-0.2, 0) is 27.0 Å². The van der Waals surface area contributed by atoms with Crippen molar-refractivity contribution in [2.75, 3.05) is 19.8 Å². The monoisotopic (exact) mass is 333 g/mol. The van der Waals surface area contributed by atoms with Crippen LogP contribution in [0.15, 0.2) is 12.3 Å². The minimum atomic E-state index is -4.51.